The molecule has 1 heterocycles. The molecule has 128 valence electrons. The molecule has 0 radical (unpaired) electrons. The molecule has 0 spiro atoms. The van der Waals surface area contributed by atoms with Gasteiger partial charge in [-0.15, -0.1) is 0 Å². The lowest BCUT2D eigenvalue weighted by Gasteiger charge is -2.03. The lowest BCUT2D eigenvalue weighted by Crippen LogP contribution is -2.25. The van der Waals surface area contributed by atoms with Crippen LogP contribution in [0.15, 0.2) is 53.1 Å². The molecule has 0 aliphatic rings. The summed E-state index contributed by atoms with van der Waals surface area (Å²) in [6, 6.07) is 15.2. The first-order chi connectivity index (χ1) is 12.1. The van der Waals surface area contributed by atoms with Crippen LogP contribution in [0, 0.1) is 6.92 Å². The molecule has 6 heteroatoms. The van der Waals surface area contributed by atoms with E-state index in [0.717, 1.165) is 22.4 Å². The topological polar surface area (TPSA) is 77.2 Å². The van der Waals surface area contributed by atoms with E-state index in [-0.39, 0.29) is 12.5 Å². The fraction of sp³-hybridized carbons (Fsp3) is 0.211. The van der Waals surface area contributed by atoms with E-state index >= 15 is 0 Å². The SMILES string of the molecule is COc1ccc(-c2nc(CNC(=O)Cc3cccc(C)c3)no2)cc1. The van der Waals surface area contributed by atoms with Gasteiger partial charge >= 0.3 is 0 Å². The zero-order valence-electron chi connectivity index (χ0n) is 14.2. The first kappa shape index (κ1) is 16.7. The smallest absolute Gasteiger partial charge is 0.257 e. The Kier molecular flexibility index (Phi) is 5.09. The number of ether oxygens (including phenoxy) is 1. The molecule has 0 saturated carbocycles. The molecule has 6 nitrogen and oxygen atoms in total. The van der Waals surface area contributed by atoms with Crippen LogP contribution >= 0.6 is 0 Å². The van der Waals surface area contributed by atoms with Crippen LogP contribution in [0.2, 0.25) is 0 Å². The van der Waals surface area contributed by atoms with Crippen LogP contribution < -0.4 is 10.1 Å². The van der Waals surface area contributed by atoms with Crippen molar-refractivity contribution in [2.24, 2.45) is 0 Å². The third-order valence-electron chi connectivity index (χ3n) is 3.70. The largest absolute Gasteiger partial charge is 0.497 e. The second-order valence-corrected chi connectivity index (χ2v) is 5.69. The summed E-state index contributed by atoms with van der Waals surface area (Å²) >= 11 is 0. The Bertz CT molecular complexity index is 856. The fourth-order valence-electron chi connectivity index (χ4n) is 2.42. The Morgan fingerprint density at radius 3 is 2.72 bits per heavy atom. The molecule has 0 atom stereocenters. The summed E-state index contributed by atoms with van der Waals surface area (Å²) < 4.78 is 10.4. The van der Waals surface area contributed by atoms with Gasteiger partial charge in [-0.3, -0.25) is 4.79 Å². The quantitative estimate of drug-likeness (QED) is 0.748. The minimum absolute atomic E-state index is 0.0820. The van der Waals surface area contributed by atoms with Crippen molar-refractivity contribution < 1.29 is 14.1 Å². The van der Waals surface area contributed by atoms with E-state index in [1.165, 1.54) is 0 Å². The number of amides is 1. The number of nitrogens with one attached hydrogen (secondary N) is 1. The van der Waals surface area contributed by atoms with Crippen molar-refractivity contribution in [1.82, 2.24) is 15.5 Å². The first-order valence-corrected chi connectivity index (χ1v) is 7.93. The van der Waals surface area contributed by atoms with E-state index < -0.39 is 0 Å². The lowest BCUT2D eigenvalue weighted by atomic mass is 10.1. The zero-order valence-corrected chi connectivity index (χ0v) is 14.2. The predicted octanol–water partition coefficient (Wildman–Crippen LogP) is 2.91. The van der Waals surface area contributed by atoms with Crippen molar-refractivity contribution >= 4 is 5.91 Å². The van der Waals surface area contributed by atoms with E-state index in [4.69, 9.17) is 9.26 Å². The molecule has 2 aromatic carbocycles. The highest BCUT2D eigenvalue weighted by atomic mass is 16.5. The number of hydrogen-bond acceptors (Lipinski definition) is 5. The highest BCUT2D eigenvalue weighted by Gasteiger charge is 2.10. The minimum Gasteiger partial charge on any atom is -0.497 e. The maximum Gasteiger partial charge on any atom is 0.257 e. The van der Waals surface area contributed by atoms with Gasteiger partial charge in [-0.2, -0.15) is 4.98 Å². The first-order valence-electron chi connectivity index (χ1n) is 7.93. The van der Waals surface area contributed by atoms with Crippen LogP contribution in [-0.2, 0) is 17.8 Å². The van der Waals surface area contributed by atoms with E-state index in [9.17, 15) is 4.79 Å². The van der Waals surface area contributed by atoms with Crippen LogP contribution in [0.5, 0.6) is 5.75 Å². The summed E-state index contributed by atoms with van der Waals surface area (Å²) in [5.41, 5.74) is 2.91. The van der Waals surface area contributed by atoms with Crippen molar-refractivity contribution in [1.29, 1.82) is 0 Å². The van der Waals surface area contributed by atoms with Crippen molar-refractivity contribution in [2.75, 3.05) is 7.11 Å². The lowest BCUT2D eigenvalue weighted by molar-refractivity contribution is -0.120. The zero-order chi connectivity index (χ0) is 17.6. The van der Waals surface area contributed by atoms with Gasteiger partial charge in [0.25, 0.3) is 5.89 Å². The van der Waals surface area contributed by atoms with Gasteiger partial charge in [0.15, 0.2) is 5.82 Å². The standard InChI is InChI=1S/C19H19N3O3/c1-13-4-3-5-14(10-13)11-18(23)20-12-17-21-19(25-22-17)15-6-8-16(24-2)9-7-15/h3-10H,11-12H2,1-2H3,(H,20,23). The molecule has 0 bridgehead atoms. The van der Waals surface area contributed by atoms with Gasteiger partial charge in [-0.25, -0.2) is 0 Å². The Morgan fingerprint density at radius 2 is 2.00 bits per heavy atom. The van der Waals surface area contributed by atoms with E-state index in [0.29, 0.717) is 18.1 Å². The number of hydrogen-bond donors (Lipinski definition) is 1. The summed E-state index contributed by atoms with van der Waals surface area (Å²) in [7, 11) is 1.61. The van der Waals surface area contributed by atoms with Gasteiger partial charge in [0.2, 0.25) is 5.91 Å². The molecule has 0 aliphatic carbocycles. The number of nitrogens with zero attached hydrogens (tertiary/aromatic N) is 2. The second kappa shape index (κ2) is 7.61. The Morgan fingerprint density at radius 1 is 1.20 bits per heavy atom. The molecule has 0 aliphatic heterocycles. The average molecular weight is 337 g/mol. The summed E-state index contributed by atoms with van der Waals surface area (Å²) in [4.78, 5) is 16.3. The van der Waals surface area contributed by atoms with E-state index in [1.807, 2.05) is 55.5 Å². The molecular weight excluding hydrogens is 318 g/mol. The monoisotopic (exact) mass is 337 g/mol. The maximum atomic E-state index is 12.0. The number of carbonyl (C=O) groups is 1. The van der Waals surface area contributed by atoms with Crippen molar-refractivity contribution in [3.05, 3.63) is 65.5 Å². The number of rotatable bonds is 6. The van der Waals surface area contributed by atoms with Gasteiger partial charge in [-0.05, 0) is 36.8 Å². The van der Waals surface area contributed by atoms with Crippen LogP contribution in [0.3, 0.4) is 0 Å². The van der Waals surface area contributed by atoms with Crippen LogP contribution in [0.4, 0.5) is 0 Å². The normalized spacial score (nSPS) is 10.5. The van der Waals surface area contributed by atoms with Crippen molar-refractivity contribution in [3.63, 3.8) is 0 Å². The van der Waals surface area contributed by atoms with Gasteiger partial charge < -0.3 is 14.6 Å². The molecule has 1 aromatic heterocycles. The Hall–Kier alpha value is -3.15. The molecule has 1 N–H and O–H groups in total. The van der Waals surface area contributed by atoms with Crippen LogP contribution in [0.25, 0.3) is 11.5 Å². The molecule has 1 amide bonds. The van der Waals surface area contributed by atoms with Crippen LogP contribution in [0.1, 0.15) is 17.0 Å². The highest BCUT2D eigenvalue weighted by molar-refractivity contribution is 5.78. The van der Waals surface area contributed by atoms with Crippen molar-refractivity contribution in [3.8, 4) is 17.2 Å². The second-order valence-electron chi connectivity index (χ2n) is 5.69. The predicted molar refractivity (Wildman–Crippen MR) is 93.0 cm³/mol. The van der Waals surface area contributed by atoms with Gasteiger partial charge in [0.05, 0.1) is 20.1 Å². The molecular formula is C19H19N3O3. The highest BCUT2D eigenvalue weighted by Crippen LogP contribution is 2.20. The molecule has 3 rings (SSSR count). The molecule has 3 aromatic rings. The van der Waals surface area contributed by atoms with E-state index in [2.05, 4.69) is 15.5 Å². The number of benzene rings is 2. The minimum atomic E-state index is -0.0820. The number of aryl methyl sites for hydroxylation is 1. The number of methoxy groups -OCH3 is 1. The van der Waals surface area contributed by atoms with Crippen molar-refractivity contribution in [2.45, 2.75) is 19.9 Å². The molecule has 0 unspecified atom stereocenters. The summed E-state index contributed by atoms with van der Waals surface area (Å²) in [6.45, 7) is 2.23. The Balaban J connectivity index is 1.56. The summed E-state index contributed by atoms with van der Waals surface area (Å²) in [5, 5.41) is 6.70. The van der Waals surface area contributed by atoms with Crippen LogP contribution in [-0.4, -0.2) is 23.2 Å². The van der Waals surface area contributed by atoms with Gasteiger partial charge in [-0.1, -0.05) is 35.0 Å². The molecule has 25 heavy (non-hydrogen) atoms. The maximum absolute atomic E-state index is 12.0. The third kappa shape index (κ3) is 4.44. The summed E-state index contributed by atoms with van der Waals surface area (Å²) in [5.74, 6) is 1.52. The molecule has 0 fully saturated rings. The number of aromatic nitrogens is 2. The average Bonchev–Trinajstić information content (AvgIpc) is 3.09. The molecule has 0 saturated heterocycles. The van der Waals surface area contributed by atoms with E-state index in [1.54, 1.807) is 7.11 Å². The van der Waals surface area contributed by atoms with Gasteiger partial charge in [0.1, 0.15) is 5.75 Å². The third-order valence-corrected chi connectivity index (χ3v) is 3.70. The Labute approximate surface area is 145 Å². The fourth-order valence-corrected chi connectivity index (χ4v) is 2.42. The summed E-state index contributed by atoms with van der Waals surface area (Å²) in [6.07, 6.45) is 0.324. The number of carbonyl (C=O) groups excluding carboxylic acids is 1. The van der Waals surface area contributed by atoms with Gasteiger partial charge in [0, 0.05) is 5.56 Å².